The standard InChI is InChI=1S/C12H24N2O3S.ClH/c1-17-10-12(6-2-7-13-12)9-14-18(15,16)8-5-11-3-4-11;/h11,13-14H,2-10H2,1H3;1H. The first-order valence-corrected chi connectivity index (χ1v) is 8.42. The lowest BCUT2D eigenvalue weighted by Gasteiger charge is -2.28. The molecule has 1 atom stereocenters. The molecule has 5 nitrogen and oxygen atoms in total. The van der Waals surface area contributed by atoms with Gasteiger partial charge in [0.05, 0.1) is 17.9 Å². The van der Waals surface area contributed by atoms with Gasteiger partial charge in [-0.1, -0.05) is 12.8 Å². The Labute approximate surface area is 122 Å². The van der Waals surface area contributed by atoms with Crippen molar-refractivity contribution in [3.63, 3.8) is 0 Å². The van der Waals surface area contributed by atoms with Gasteiger partial charge in [-0.3, -0.25) is 0 Å². The lowest BCUT2D eigenvalue weighted by Crippen LogP contribution is -2.53. The van der Waals surface area contributed by atoms with Crippen LogP contribution in [0.2, 0.25) is 0 Å². The molecular formula is C12H25ClN2O3S. The zero-order valence-electron chi connectivity index (χ0n) is 11.5. The maximum absolute atomic E-state index is 11.9. The van der Waals surface area contributed by atoms with E-state index < -0.39 is 10.0 Å². The summed E-state index contributed by atoms with van der Waals surface area (Å²) in [7, 11) is -1.47. The van der Waals surface area contributed by atoms with Crippen LogP contribution in [0.1, 0.15) is 32.1 Å². The molecule has 2 aliphatic rings. The lowest BCUT2D eigenvalue weighted by molar-refractivity contribution is 0.122. The zero-order valence-corrected chi connectivity index (χ0v) is 13.1. The van der Waals surface area contributed by atoms with Crippen LogP contribution < -0.4 is 10.0 Å². The third-order valence-electron chi connectivity index (χ3n) is 3.87. The Morgan fingerprint density at radius 2 is 2.16 bits per heavy atom. The summed E-state index contributed by atoms with van der Waals surface area (Å²) in [5.74, 6) is 0.917. The highest BCUT2D eigenvalue weighted by Crippen LogP contribution is 2.32. The molecule has 2 fully saturated rings. The molecule has 1 saturated carbocycles. The second-order valence-electron chi connectivity index (χ2n) is 5.62. The predicted molar refractivity (Wildman–Crippen MR) is 78.2 cm³/mol. The Bertz CT molecular complexity index is 365. The third-order valence-corrected chi connectivity index (χ3v) is 5.23. The summed E-state index contributed by atoms with van der Waals surface area (Å²) in [5.41, 5.74) is -0.207. The van der Waals surface area contributed by atoms with E-state index in [9.17, 15) is 8.42 Å². The molecule has 1 heterocycles. The fourth-order valence-corrected chi connectivity index (χ4v) is 3.80. The first kappa shape index (κ1) is 17.2. The molecule has 1 aliphatic heterocycles. The second kappa shape index (κ2) is 7.22. The highest BCUT2D eigenvalue weighted by molar-refractivity contribution is 7.89. The molecule has 0 radical (unpaired) electrons. The summed E-state index contributed by atoms with van der Waals surface area (Å²) >= 11 is 0. The van der Waals surface area contributed by atoms with E-state index in [1.165, 1.54) is 12.8 Å². The normalized spacial score (nSPS) is 27.2. The van der Waals surface area contributed by atoms with E-state index in [2.05, 4.69) is 10.0 Å². The maximum Gasteiger partial charge on any atom is 0.211 e. The Hall–Kier alpha value is 0.120. The van der Waals surface area contributed by atoms with Crippen LogP contribution in [0, 0.1) is 5.92 Å². The van der Waals surface area contributed by atoms with Crippen LogP contribution in [-0.2, 0) is 14.8 Å². The summed E-state index contributed by atoms with van der Waals surface area (Å²) in [6.07, 6.45) is 5.24. The minimum absolute atomic E-state index is 0. The van der Waals surface area contributed by atoms with Crippen molar-refractivity contribution >= 4 is 22.4 Å². The van der Waals surface area contributed by atoms with Crippen molar-refractivity contribution in [3.05, 3.63) is 0 Å². The molecule has 0 spiro atoms. The SMILES string of the molecule is COCC1(CNS(=O)(=O)CCC2CC2)CCCN1.Cl. The maximum atomic E-state index is 11.9. The highest BCUT2D eigenvalue weighted by atomic mass is 35.5. The van der Waals surface area contributed by atoms with Gasteiger partial charge in [0.25, 0.3) is 0 Å². The Morgan fingerprint density at radius 3 is 2.68 bits per heavy atom. The highest BCUT2D eigenvalue weighted by Gasteiger charge is 2.34. The number of ether oxygens (including phenoxy) is 1. The molecule has 0 bridgehead atoms. The van der Waals surface area contributed by atoms with Crippen molar-refractivity contribution in [2.24, 2.45) is 5.92 Å². The Morgan fingerprint density at radius 1 is 1.42 bits per heavy atom. The number of hydrogen-bond acceptors (Lipinski definition) is 4. The molecule has 2 rings (SSSR count). The average molecular weight is 313 g/mol. The monoisotopic (exact) mass is 312 g/mol. The van der Waals surface area contributed by atoms with E-state index in [0.717, 1.165) is 25.8 Å². The van der Waals surface area contributed by atoms with Crippen LogP contribution in [0.3, 0.4) is 0 Å². The smallest absolute Gasteiger partial charge is 0.211 e. The largest absolute Gasteiger partial charge is 0.383 e. The van der Waals surface area contributed by atoms with Crippen molar-refractivity contribution in [2.75, 3.05) is 32.6 Å². The minimum Gasteiger partial charge on any atom is -0.383 e. The first-order valence-electron chi connectivity index (χ1n) is 6.77. The topological polar surface area (TPSA) is 67.4 Å². The Kier molecular flexibility index (Phi) is 6.53. The van der Waals surface area contributed by atoms with Gasteiger partial charge in [-0.25, -0.2) is 13.1 Å². The van der Waals surface area contributed by atoms with E-state index in [0.29, 0.717) is 19.1 Å². The number of methoxy groups -OCH3 is 1. The molecule has 0 amide bonds. The van der Waals surface area contributed by atoms with Crippen LogP contribution in [0.5, 0.6) is 0 Å². The van der Waals surface area contributed by atoms with Crippen LogP contribution in [0.25, 0.3) is 0 Å². The molecule has 1 unspecified atom stereocenters. The van der Waals surface area contributed by atoms with E-state index >= 15 is 0 Å². The van der Waals surface area contributed by atoms with Crippen molar-refractivity contribution in [2.45, 2.75) is 37.6 Å². The predicted octanol–water partition coefficient (Wildman–Crippen LogP) is 0.896. The number of hydrogen-bond donors (Lipinski definition) is 2. The van der Waals surface area contributed by atoms with Gasteiger partial charge in [0.1, 0.15) is 0 Å². The van der Waals surface area contributed by atoms with Gasteiger partial charge in [0.15, 0.2) is 0 Å². The van der Waals surface area contributed by atoms with Crippen molar-refractivity contribution < 1.29 is 13.2 Å². The minimum atomic E-state index is -3.13. The van der Waals surface area contributed by atoms with Gasteiger partial charge in [-0.2, -0.15) is 0 Å². The quantitative estimate of drug-likeness (QED) is 0.699. The summed E-state index contributed by atoms with van der Waals surface area (Å²) in [6, 6.07) is 0. The lowest BCUT2D eigenvalue weighted by atomic mass is 9.99. The van der Waals surface area contributed by atoms with Crippen LogP contribution in [0.4, 0.5) is 0 Å². The average Bonchev–Trinajstić information content (AvgIpc) is 3.05. The molecule has 0 aromatic rings. The molecule has 0 aromatic carbocycles. The molecule has 0 aromatic heterocycles. The molecule has 114 valence electrons. The summed E-state index contributed by atoms with van der Waals surface area (Å²) < 4.78 is 31.7. The van der Waals surface area contributed by atoms with Gasteiger partial charge in [-0.15, -0.1) is 12.4 Å². The zero-order chi connectivity index (χ0) is 13.1. The molecule has 19 heavy (non-hydrogen) atoms. The third kappa shape index (κ3) is 5.55. The first-order chi connectivity index (χ1) is 8.55. The van der Waals surface area contributed by atoms with Gasteiger partial charge in [0, 0.05) is 13.7 Å². The molecule has 7 heteroatoms. The van der Waals surface area contributed by atoms with Crippen molar-refractivity contribution in [1.82, 2.24) is 10.0 Å². The Balaban J connectivity index is 0.00000180. The van der Waals surface area contributed by atoms with E-state index in [1.807, 2.05) is 0 Å². The van der Waals surface area contributed by atoms with Gasteiger partial charge in [0.2, 0.25) is 10.0 Å². The molecule has 2 N–H and O–H groups in total. The number of sulfonamides is 1. The summed E-state index contributed by atoms with van der Waals surface area (Å²) in [5, 5.41) is 3.37. The number of nitrogens with one attached hydrogen (secondary N) is 2. The van der Waals surface area contributed by atoms with Crippen LogP contribution >= 0.6 is 12.4 Å². The van der Waals surface area contributed by atoms with E-state index in [4.69, 9.17) is 4.74 Å². The number of halogens is 1. The van der Waals surface area contributed by atoms with E-state index in [1.54, 1.807) is 7.11 Å². The molecule has 1 aliphatic carbocycles. The van der Waals surface area contributed by atoms with E-state index in [-0.39, 0.29) is 23.7 Å². The van der Waals surface area contributed by atoms with Gasteiger partial charge < -0.3 is 10.1 Å². The summed E-state index contributed by atoms with van der Waals surface area (Å²) in [4.78, 5) is 0. The molecule has 1 saturated heterocycles. The summed E-state index contributed by atoms with van der Waals surface area (Å²) in [6.45, 7) is 1.93. The van der Waals surface area contributed by atoms with Crippen LogP contribution in [-0.4, -0.2) is 46.5 Å². The van der Waals surface area contributed by atoms with Crippen molar-refractivity contribution in [3.8, 4) is 0 Å². The fourth-order valence-electron chi connectivity index (χ4n) is 2.52. The van der Waals surface area contributed by atoms with Gasteiger partial charge >= 0.3 is 0 Å². The van der Waals surface area contributed by atoms with Gasteiger partial charge in [-0.05, 0) is 31.7 Å². The second-order valence-corrected chi connectivity index (χ2v) is 7.54. The van der Waals surface area contributed by atoms with Crippen molar-refractivity contribution in [1.29, 1.82) is 0 Å². The number of rotatable bonds is 8. The molecular weight excluding hydrogens is 288 g/mol. The fraction of sp³-hybridized carbons (Fsp3) is 1.00. The van der Waals surface area contributed by atoms with Crippen LogP contribution in [0.15, 0.2) is 0 Å².